The summed E-state index contributed by atoms with van der Waals surface area (Å²) in [4.78, 5) is 19.7. The monoisotopic (exact) mass is 243 g/mol. The van der Waals surface area contributed by atoms with Gasteiger partial charge in [-0.3, -0.25) is 4.79 Å². The van der Waals surface area contributed by atoms with Crippen molar-refractivity contribution in [1.29, 1.82) is 0 Å². The third-order valence-corrected chi connectivity index (χ3v) is 2.26. The first-order valence-corrected chi connectivity index (χ1v) is 5.52. The van der Waals surface area contributed by atoms with E-state index in [4.69, 9.17) is 0 Å². The molecule has 0 bridgehead atoms. The maximum absolute atomic E-state index is 11.6. The molecule has 92 valence electrons. The minimum Gasteiger partial charge on any atom is -0.322 e. The molecule has 0 unspecified atom stereocenters. The lowest BCUT2D eigenvalue weighted by atomic mass is 10.3. The average molecular weight is 243 g/mol. The maximum atomic E-state index is 11.6. The number of nitrogens with zero attached hydrogens (tertiary/aromatic N) is 4. The number of allylic oxidation sites excluding steroid dienone is 1. The molecule has 1 N–H and O–H groups in total. The molecule has 0 spiro atoms. The summed E-state index contributed by atoms with van der Waals surface area (Å²) in [6, 6.07) is 1.78. The van der Waals surface area contributed by atoms with Crippen molar-refractivity contribution in [3.63, 3.8) is 0 Å². The lowest BCUT2D eigenvalue weighted by molar-refractivity contribution is -0.116. The van der Waals surface area contributed by atoms with Gasteiger partial charge in [0.25, 0.3) is 0 Å². The first-order valence-electron chi connectivity index (χ1n) is 5.52. The van der Waals surface area contributed by atoms with E-state index < -0.39 is 0 Å². The fraction of sp³-hybridized carbons (Fsp3) is 0.167. The summed E-state index contributed by atoms with van der Waals surface area (Å²) < 4.78 is 1.57. The first kappa shape index (κ1) is 12.0. The molecule has 0 atom stereocenters. The van der Waals surface area contributed by atoms with Crippen LogP contribution in [-0.2, 0) is 4.79 Å². The van der Waals surface area contributed by atoms with Gasteiger partial charge in [-0.1, -0.05) is 6.08 Å². The van der Waals surface area contributed by atoms with Gasteiger partial charge in [-0.05, 0) is 12.5 Å². The smallest absolute Gasteiger partial charge is 0.224 e. The number of nitrogens with one attached hydrogen (secondary N) is 1. The quantitative estimate of drug-likeness (QED) is 0.809. The molecule has 0 aliphatic heterocycles. The van der Waals surface area contributed by atoms with Crippen molar-refractivity contribution in [3.8, 4) is 5.82 Å². The first-order chi connectivity index (χ1) is 8.81. The fourth-order valence-corrected chi connectivity index (χ4v) is 1.43. The van der Waals surface area contributed by atoms with Gasteiger partial charge in [-0.2, -0.15) is 5.10 Å². The number of amides is 1. The highest BCUT2D eigenvalue weighted by Gasteiger charge is 2.09. The molecular formula is C12H13N5O. The molecule has 6 heteroatoms. The van der Waals surface area contributed by atoms with Crippen LogP contribution >= 0.6 is 0 Å². The van der Waals surface area contributed by atoms with Crippen molar-refractivity contribution in [2.24, 2.45) is 0 Å². The van der Waals surface area contributed by atoms with Crippen LogP contribution in [0.15, 0.2) is 43.6 Å². The number of hydrogen-bond donors (Lipinski definition) is 1. The summed E-state index contributed by atoms with van der Waals surface area (Å²) in [6.07, 6.45) is 9.09. The minimum absolute atomic E-state index is 0.0990. The average Bonchev–Trinajstić information content (AvgIpc) is 2.91. The van der Waals surface area contributed by atoms with Gasteiger partial charge in [-0.25, -0.2) is 14.6 Å². The van der Waals surface area contributed by atoms with Gasteiger partial charge < -0.3 is 5.32 Å². The van der Waals surface area contributed by atoms with Crippen LogP contribution in [0, 0.1) is 0 Å². The summed E-state index contributed by atoms with van der Waals surface area (Å²) in [5.41, 5.74) is 0.537. The fourth-order valence-electron chi connectivity index (χ4n) is 1.43. The van der Waals surface area contributed by atoms with E-state index in [1.54, 1.807) is 35.4 Å². The van der Waals surface area contributed by atoms with Gasteiger partial charge in [0.05, 0.1) is 6.20 Å². The predicted octanol–water partition coefficient (Wildman–Crippen LogP) is 1.57. The van der Waals surface area contributed by atoms with E-state index >= 15 is 0 Å². The number of anilines is 1. The number of hydrogen-bond acceptors (Lipinski definition) is 4. The van der Waals surface area contributed by atoms with Crippen LogP contribution in [0.4, 0.5) is 5.69 Å². The Labute approximate surface area is 104 Å². The van der Waals surface area contributed by atoms with Crippen molar-refractivity contribution < 1.29 is 4.79 Å². The number of rotatable bonds is 5. The highest BCUT2D eigenvalue weighted by atomic mass is 16.1. The van der Waals surface area contributed by atoms with Crippen LogP contribution in [-0.4, -0.2) is 25.7 Å². The number of carbonyl (C=O) groups excluding carboxylic acids is 1. The summed E-state index contributed by atoms with van der Waals surface area (Å²) in [5, 5.41) is 6.84. The van der Waals surface area contributed by atoms with E-state index in [1.165, 1.54) is 6.33 Å². The van der Waals surface area contributed by atoms with Crippen LogP contribution in [0.2, 0.25) is 0 Å². The molecule has 0 saturated carbocycles. The molecule has 1 amide bonds. The van der Waals surface area contributed by atoms with Crippen LogP contribution in [0.25, 0.3) is 5.82 Å². The van der Waals surface area contributed by atoms with Crippen LogP contribution in [0.3, 0.4) is 0 Å². The standard InChI is InChI=1S/C12H13N5O/c1-2-3-5-11(18)16-10-8-13-9-14-12(10)17-7-4-6-15-17/h2,4,6-9H,1,3,5H2,(H,16,18). The third kappa shape index (κ3) is 2.79. The second kappa shape index (κ2) is 5.72. The van der Waals surface area contributed by atoms with Gasteiger partial charge in [0.1, 0.15) is 12.0 Å². The molecule has 0 saturated heterocycles. The number of aromatic nitrogens is 4. The van der Waals surface area contributed by atoms with E-state index in [2.05, 4.69) is 27.0 Å². The van der Waals surface area contributed by atoms with E-state index in [-0.39, 0.29) is 5.91 Å². The molecule has 0 aliphatic carbocycles. The number of carbonyl (C=O) groups is 1. The van der Waals surface area contributed by atoms with Gasteiger partial charge >= 0.3 is 0 Å². The molecule has 6 nitrogen and oxygen atoms in total. The van der Waals surface area contributed by atoms with Gasteiger partial charge in [0.2, 0.25) is 5.91 Å². The normalized spacial score (nSPS) is 10.0. The Bertz CT molecular complexity index is 535. The van der Waals surface area contributed by atoms with Crippen molar-refractivity contribution >= 4 is 11.6 Å². The van der Waals surface area contributed by atoms with E-state index in [0.717, 1.165) is 0 Å². The zero-order chi connectivity index (χ0) is 12.8. The summed E-state index contributed by atoms with van der Waals surface area (Å²) in [7, 11) is 0. The molecule has 0 aromatic carbocycles. The maximum Gasteiger partial charge on any atom is 0.224 e. The Morgan fingerprint density at radius 2 is 2.44 bits per heavy atom. The van der Waals surface area contributed by atoms with Gasteiger partial charge in [0.15, 0.2) is 5.82 Å². The molecule has 0 fully saturated rings. The van der Waals surface area contributed by atoms with Gasteiger partial charge in [0, 0.05) is 18.8 Å². The molecular weight excluding hydrogens is 230 g/mol. The molecule has 2 rings (SSSR count). The molecule has 2 aromatic rings. The van der Waals surface area contributed by atoms with E-state index in [0.29, 0.717) is 24.3 Å². The third-order valence-electron chi connectivity index (χ3n) is 2.26. The van der Waals surface area contributed by atoms with Gasteiger partial charge in [-0.15, -0.1) is 6.58 Å². The lowest BCUT2D eigenvalue weighted by Crippen LogP contribution is -2.14. The summed E-state index contributed by atoms with van der Waals surface area (Å²) in [5.74, 6) is 0.444. The van der Waals surface area contributed by atoms with Crippen molar-refractivity contribution in [2.45, 2.75) is 12.8 Å². The summed E-state index contributed by atoms with van der Waals surface area (Å²) in [6.45, 7) is 3.58. The van der Waals surface area contributed by atoms with Crippen LogP contribution in [0.1, 0.15) is 12.8 Å². The zero-order valence-corrected chi connectivity index (χ0v) is 9.78. The Hall–Kier alpha value is -2.50. The van der Waals surface area contributed by atoms with E-state index in [9.17, 15) is 4.79 Å². The Morgan fingerprint density at radius 3 is 3.17 bits per heavy atom. The molecule has 0 aliphatic rings. The molecule has 2 aromatic heterocycles. The Morgan fingerprint density at radius 1 is 1.56 bits per heavy atom. The SMILES string of the molecule is C=CCCC(=O)Nc1cncnc1-n1cccn1. The van der Waals surface area contributed by atoms with Crippen LogP contribution in [0.5, 0.6) is 0 Å². The zero-order valence-electron chi connectivity index (χ0n) is 9.78. The largest absolute Gasteiger partial charge is 0.322 e. The van der Waals surface area contributed by atoms with Crippen LogP contribution < -0.4 is 5.32 Å². The predicted molar refractivity (Wildman–Crippen MR) is 67.2 cm³/mol. The lowest BCUT2D eigenvalue weighted by Gasteiger charge is -2.08. The summed E-state index contributed by atoms with van der Waals surface area (Å²) >= 11 is 0. The second-order valence-electron chi connectivity index (χ2n) is 3.59. The highest BCUT2D eigenvalue weighted by Crippen LogP contribution is 2.15. The van der Waals surface area contributed by atoms with E-state index in [1.807, 2.05) is 0 Å². The second-order valence-corrected chi connectivity index (χ2v) is 3.59. The van der Waals surface area contributed by atoms with Crippen molar-refractivity contribution in [2.75, 3.05) is 5.32 Å². The topological polar surface area (TPSA) is 72.7 Å². The van der Waals surface area contributed by atoms with Crippen molar-refractivity contribution in [3.05, 3.63) is 43.6 Å². The molecule has 0 radical (unpaired) electrons. The molecule has 2 heterocycles. The molecule has 18 heavy (non-hydrogen) atoms. The Balaban J connectivity index is 2.18. The van der Waals surface area contributed by atoms with Crippen molar-refractivity contribution in [1.82, 2.24) is 19.7 Å². The highest BCUT2D eigenvalue weighted by molar-refractivity contribution is 5.92. The minimum atomic E-state index is -0.0990. The Kier molecular flexibility index (Phi) is 3.80.